The zero-order valence-electron chi connectivity index (χ0n) is 14.2. The van der Waals surface area contributed by atoms with Crippen LogP contribution in [0.5, 0.6) is 0 Å². The van der Waals surface area contributed by atoms with Gasteiger partial charge in [0.15, 0.2) is 0 Å². The number of aromatic nitrogens is 3. The summed E-state index contributed by atoms with van der Waals surface area (Å²) in [5.74, 6) is 0.619. The molecule has 0 amide bonds. The SMILES string of the molecule is Cn1cc2cc(-c3ccc4nc(C5CCNCC5)sc4c3)ccc2n1. The molecule has 1 aliphatic heterocycles. The van der Waals surface area contributed by atoms with Crippen molar-refractivity contribution in [1.29, 1.82) is 0 Å². The molecule has 1 saturated heterocycles. The molecule has 4 aromatic rings. The Morgan fingerprint density at radius 2 is 1.80 bits per heavy atom. The minimum Gasteiger partial charge on any atom is -0.317 e. The first-order valence-corrected chi connectivity index (χ1v) is 9.63. The molecule has 1 N–H and O–H groups in total. The van der Waals surface area contributed by atoms with E-state index in [4.69, 9.17) is 4.98 Å². The highest BCUT2D eigenvalue weighted by molar-refractivity contribution is 7.18. The Morgan fingerprint density at radius 3 is 2.64 bits per heavy atom. The van der Waals surface area contributed by atoms with E-state index in [9.17, 15) is 0 Å². The molecule has 5 heteroatoms. The molecular formula is C20H20N4S. The van der Waals surface area contributed by atoms with Crippen LogP contribution >= 0.6 is 11.3 Å². The average molecular weight is 348 g/mol. The van der Waals surface area contributed by atoms with Crippen LogP contribution in [-0.2, 0) is 7.05 Å². The summed E-state index contributed by atoms with van der Waals surface area (Å²) < 4.78 is 3.16. The molecule has 0 spiro atoms. The molecular weight excluding hydrogens is 328 g/mol. The van der Waals surface area contributed by atoms with Crippen LogP contribution in [0.1, 0.15) is 23.8 Å². The Hall–Kier alpha value is -2.24. The van der Waals surface area contributed by atoms with E-state index in [1.807, 2.05) is 23.1 Å². The van der Waals surface area contributed by atoms with Crippen LogP contribution in [-0.4, -0.2) is 27.9 Å². The van der Waals surface area contributed by atoms with E-state index in [-0.39, 0.29) is 0 Å². The van der Waals surface area contributed by atoms with Crippen LogP contribution in [0.2, 0.25) is 0 Å². The Labute approximate surface area is 150 Å². The van der Waals surface area contributed by atoms with Gasteiger partial charge in [0.1, 0.15) is 0 Å². The molecule has 0 aliphatic carbocycles. The number of rotatable bonds is 2. The maximum absolute atomic E-state index is 4.90. The van der Waals surface area contributed by atoms with Gasteiger partial charge in [0.2, 0.25) is 0 Å². The van der Waals surface area contributed by atoms with Gasteiger partial charge < -0.3 is 5.32 Å². The predicted octanol–water partition coefficient (Wildman–Crippen LogP) is 4.32. The summed E-state index contributed by atoms with van der Waals surface area (Å²) >= 11 is 1.87. The summed E-state index contributed by atoms with van der Waals surface area (Å²) in [4.78, 5) is 4.90. The van der Waals surface area contributed by atoms with Gasteiger partial charge in [-0.2, -0.15) is 5.10 Å². The number of fused-ring (bicyclic) bond motifs is 2. The summed E-state index contributed by atoms with van der Waals surface area (Å²) in [6.07, 6.45) is 4.47. The van der Waals surface area contributed by atoms with Gasteiger partial charge in [-0.1, -0.05) is 12.1 Å². The first-order chi connectivity index (χ1) is 12.3. The fourth-order valence-corrected chi connectivity index (χ4v) is 4.87. The van der Waals surface area contributed by atoms with E-state index >= 15 is 0 Å². The van der Waals surface area contributed by atoms with Crippen molar-refractivity contribution in [3.05, 3.63) is 47.6 Å². The highest BCUT2D eigenvalue weighted by atomic mass is 32.1. The van der Waals surface area contributed by atoms with E-state index in [0.29, 0.717) is 5.92 Å². The van der Waals surface area contributed by atoms with Crippen molar-refractivity contribution in [2.24, 2.45) is 7.05 Å². The molecule has 0 unspecified atom stereocenters. The van der Waals surface area contributed by atoms with Crippen LogP contribution < -0.4 is 5.32 Å². The van der Waals surface area contributed by atoms with E-state index in [1.165, 1.54) is 39.1 Å². The van der Waals surface area contributed by atoms with Gasteiger partial charge in [-0.15, -0.1) is 11.3 Å². The number of benzene rings is 2. The molecule has 3 heterocycles. The third-order valence-electron chi connectivity index (χ3n) is 5.05. The molecule has 2 aromatic carbocycles. The van der Waals surface area contributed by atoms with Crippen LogP contribution in [0.15, 0.2) is 42.6 Å². The molecule has 1 fully saturated rings. The average Bonchev–Trinajstić information content (AvgIpc) is 3.23. The quantitative estimate of drug-likeness (QED) is 0.587. The predicted molar refractivity (Wildman–Crippen MR) is 104 cm³/mol. The lowest BCUT2D eigenvalue weighted by Gasteiger charge is -2.20. The molecule has 0 radical (unpaired) electrons. The van der Waals surface area contributed by atoms with Gasteiger partial charge in [0.25, 0.3) is 0 Å². The van der Waals surface area contributed by atoms with Crippen molar-refractivity contribution in [3.8, 4) is 11.1 Å². The summed E-state index contributed by atoms with van der Waals surface area (Å²) in [5.41, 5.74) is 4.65. The second-order valence-corrected chi connectivity index (χ2v) is 7.90. The summed E-state index contributed by atoms with van der Waals surface area (Å²) in [6, 6.07) is 13.1. The second kappa shape index (κ2) is 5.93. The molecule has 5 rings (SSSR count). The van der Waals surface area contributed by atoms with E-state index in [1.54, 1.807) is 0 Å². The van der Waals surface area contributed by atoms with Gasteiger partial charge in [-0.05, 0) is 61.3 Å². The minimum absolute atomic E-state index is 0.619. The number of hydrogen-bond acceptors (Lipinski definition) is 4. The minimum atomic E-state index is 0.619. The molecule has 1 aliphatic rings. The molecule has 2 aromatic heterocycles. The topological polar surface area (TPSA) is 42.7 Å². The largest absolute Gasteiger partial charge is 0.317 e. The first-order valence-electron chi connectivity index (χ1n) is 8.81. The lowest BCUT2D eigenvalue weighted by molar-refractivity contribution is 0.459. The highest BCUT2D eigenvalue weighted by Gasteiger charge is 2.19. The van der Waals surface area contributed by atoms with E-state index < -0.39 is 0 Å². The summed E-state index contributed by atoms with van der Waals surface area (Å²) in [5, 5.41) is 10.4. The number of piperidine rings is 1. The number of thiazole rings is 1. The van der Waals surface area contributed by atoms with Crippen LogP contribution in [0, 0.1) is 0 Å². The maximum atomic E-state index is 4.90. The zero-order chi connectivity index (χ0) is 16.8. The zero-order valence-corrected chi connectivity index (χ0v) is 15.0. The van der Waals surface area contributed by atoms with Crippen molar-refractivity contribution in [2.45, 2.75) is 18.8 Å². The molecule has 0 atom stereocenters. The smallest absolute Gasteiger partial charge is 0.0970 e. The Kier molecular flexibility index (Phi) is 3.57. The molecule has 126 valence electrons. The normalized spacial score (nSPS) is 16.0. The standard InChI is InChI=1S/C20H20N4S/c1-24-12-16-10-14(2-4-17(16)23-24)15-3-5-18-19(11-15)25-20(22-18)13-6-8-21-9-7-13/h2-5,10-13,21H,6-9H2,1H3. The van der Waals surface area contributed by atoms with Crippen molar-refractivity contribution < 1.29 is 0 Å². The lowest BCUT2D eigenvalue weighted by atomic mass is 9.99. The third kappa shape index (κ3) is 2.73. The van der Waals surface area contributed by atoms with E-state index in [2.05, 4.69) is 53.0 Å². The Balaban J connectivity index is 1.54. The second-order valence-electron chi connectivity index (χ2n) is 6.84. The molecule has 4 nitrogen and oxygen atoms in total. The summed E-state index contributed by atoms with van der Waals surface area (Å²) in [7, 11) is 1.96. The van der Waals surface area contributed by atoms with Gasteiger partial charge in [0.05, 0.1) is 20.7 Å². The number of nitrogens with one attached hydrogen (secondary N) is 1. The van der Waals surface area contributed by atoms with Crippen LogP contribution in [0.3, 0.4) is 0 Å². The maximum Gasteiger partial charge on any atom is 0.0970 e. The van der Waals surface area contributed by atoms with Gasteiger partial charge in [-0.25, -0.2) is 4.98 Å². The highest BCUT2D eigenvalue weighted by Crippen LogP contribution is 2.34. The molecule has 0 bridgehead atoms. The summed E-state index contributed by atoms with van der Waals surface area (Å²) in [6.45, 7) is 2.22. The Bertz CT molecular complexity index is 1060. The Morgan fingerprint density at radius 1 is 1.04 bits per heavy atom. The van der Waals surface area contributed by atoms with Crippen LogP contribution in [0.4, 0.5) is 0 Å². The number of hydrogen-bond donors (Lipinski definition) is 1. The van der Waals surface area contributed by atoms with Crippen molar-refractivity contribution in [2.75, 3.05) is 13.1 Å². The molecule has 25 heavy (non-hydrogen) atoms. The fraction of sp³-hybridized carbons (Fsp3) is 0.300. The first kappa shape index (κ1) is 15.0. The van der Waals surface area contributed by atoms with Gasteiger partial charge >= 0.3 is 0 Å². The number of aryl methyl sites for hydroxylation is 1. The lowest BCUT2D eigenvalue weighted by Crippen LogP contribution is -2.26. The monoisotopic (exact) mass is 348 g/mol. The van der Waals surface area contributed by atoms with E-state index in [0.717, 1.165) is 24.1 Å². The molecule has 0 saturated carbocycles. The van der Waals surface area contributed by atoms with Gasteiger partial charge in [0, 0.05) is 24.5 Å². The number of nitrogens with zero attached hydrogens (tertiary/aromatic N) is 3. The van der Waals surface area contributed by atoms with Crippen molar-refractivity contribution in [3.63, 3.8) is 0 Å². The van der Waals surface area contributed by atoms with Gasteiger partial charge in [-0.3, -0.25) is 4.68 Å². The fourth-order valence-electron chi connectivity index (χ4n) is 3.69. The van der Waals surface area contributed by atoms with Crippen molar-refractivity contribution >= 4 is 32.5 Å². The van der Waals surface area contributed by atoms with Crippen molar-refractivity contribution in [1.82, 2.24) is 20.1 Å². The third-order valence-corrected chi connectivity index (χ3v) is 6.23. The van der Waals surface area contributed by atoms with Crippen LogP contribution in [0.25, 0.3) is 32.2 Å².